The van der Waals surface area contributed by atoms with Gasteiger partial charge >= 0.3 is 0 Å². The maximum Gasteiger partial charge on any atom is 0.160 e. The second kappa shape index (κ2) is 12.5. The van der Waals surface area contributed by atoms with Crippen molar-refractivity contribution < 1.29 is 0 Å². The molecule has 0 N–H and O–H groups in total. The molecule has 0 fully saturated rings. The van der Waals surface area contributed by atoms with E-state index >= 15 is 0 Å². The molecule has 0 atom stereocenters. The van der Waals surface area contributed by atoms with E-state index in [1.807, 2.05) is 30.0 Å². The zero-order valence-electron chi connectivity index (χ0n) is 31.6. The van der Waals surface area contributed by atoms with Crippen molar-refractivity contribution in [1.29, 1.82) is 0 Å². The second-order valence-corrected chi connectivity index (χ2v) is 17.6. The Hall–Kier alpha value is -6.92. The molecule has 0 saturated heterocycles. The van der Waals surface area contributed by atoms with Crippen LogP contribution in [-0.4, -0.2) is 15.0 Å². The summed E-state index contributed by atoms with van der Waals surface area (Å²) in [5.41, 5.74) is 14.6. The minimum Gasteiger partial charge on any atom is -0.247 e. The van der Waals surface area contributed by atoms with Gasteiger partial charge in [-0.1, -0.05) is 169 Å². The summed E-state index contributed by atoms with van der Waals surface area (Å²) in [4.78, 5) is 18.4. The Kier molecular flexibility index (Phi) is 7.03. The van der Waals surface area contributed by atoms with E-state index in [1.54, 1.807) is 11.3 Å². The number of pyridine rings is 1. The van der Waals surface area contributed by atoms with Gasteiger partial charge in [0.25, 0.3) is 0 Å². The zero-order valence-corrected chi connectivity index (χ0v) is 33.2. The van der Waals surface area contributed by atoms with Gasteiger partial charge < -0.3 is 0 Å². The van der Waals surface area contributed by atoms with Crippen molar-refractivity contribution >= 4 is 65.1 Å². The van der Waals surface area contributed by atoms with E-state index in [2.05, 4.69) is 170 Å². The lowest BCUT2D eigenvalue weighted by molar-refractivity contribution is 0.724. The number of benzene rings is 8. The highest BCUT2D eigenvalue weighted by molar-refractivity contribution is 7.99. The van der Waals surface area contributed by atoms with Gasteiger partial charge in [0.1, 0.15) is 0 Å². The highest BCUT2D eigenvalue weighted by Gasteiger charge is 2.50. The first kappa shape index (κ1) is 33.1. The highest BCUT2D eigenvalue weighted by Crippen LogP contribution is 2.62. The van der Waals surface area contributed by atoms with Gasteiger partial charge in [-0.3, -0.25) is 0 Å². The van der Waals surface area contributed by atoms with Crippen LogP contribution in [0, 0.1) is 0 Å². The SMILES string of the molecule is c1ccc(-c2nc(-c3ccc(-c4nc5ccccc5c5cc6c(cc45)Sc4ccccc4C64c5ccccc5-c5ccccc54)cc3)c3sc4ccccc4c3n2)cc1. The van der Waals surface area contributed by atoms with E-state index in [9.17, 15) is 0 Å². The van der Waals surface area contributed by atoms with Crippen LogP contribution in [0.4, 0.5) is 0 Å². The van der Waals surface area contributed by atoms with Crippen molar-refractivity contribution in [2.24, 2.45) is 0 Å². The molecule has 1 spiro atoms. The molecule has 1 aliphatic heterocycles. The van der Waals surface area contributed by atoms with Crippen molar-refractivity contribution in [3.05, 3.63) is 210 Å². The summed E-state index contributed by atoms with van der Waals surface area (Å²) in [6.07, 6.45) is 0. The molecule has 0 amide bonds. The summed E-state index contributed by atoms with van der Waals surface area (Å²) >= 11 is 3.64. The van der Waals surface area contributed by atoms with Crippen molar-refractivity contribution in [3.8, 4) is 45.0 Å². The van der Waals surface area contributed by atoms with Crippen LogP contribution in [-0.2, 0) is 5.41 Å². The van der Waals surface area contributed by atoms with Crippen molar-refractivity contribution in [1.82, 2.24) is 15.0 Å². The van der Waals surface area contributed by atoms with Crippen LogP contribution < -0.4 is 0 Å². The third-order valence-electron chi connectivity index (χ3n) is 12.4. The number of nitrogens with zero attached hydrogens (tertiary/aromatic N) is 3. The molecule has 5 heteroatoms. The average Bonchev–Trinajstić information content (AvgIpc) is 3.82. The van der Waals surface area contributed by atoms with Gasteiger partial charge in [0.2, 0.25) is 0 Å². The number of para-hydroxylation sites is 1. The van der Waals surface area contributed by atoms with Gasteiger partial charge in [-0.15, -0.1) is 11.3 Å². The van der Waals surface area contributed by atoms with Gasteiger partial charge in [0.15, 0.2) is 5.82 Å². The molecule has 0 saturated carbocycles. The molecular formula is C54H31N3S2. The molecule has 59 heavy (non-hydrogen) atoms. The van der Waals surface area contributed by atoms with Gasteiger partial charge in [-0.05, 0) is 69.1 Å². The average molecular weight is 786 g/mol. The first-order valence-electron chi connectivity index (χ1n) is 19.9. The topological polar surface area (TPSA) is 38.7 Å². The van der Waals surface area contributed by atoms with Crippen LogP contribution in [0.2, 0.25) is 0 Å². The molecule has 3 aromatic heterocycles. The zero-order chi connectivity index (χ0) is 38.7. The lowest BCUT2D eigenvalue weighted by Gasteiger charge is -2.40. The summed E-state index contributed by atoms with van der Waals surface area (Å²) < 4.78 is 2.31. The molecule has 4 heterocycles. The van der Waals surface area contributed by atoms with Crippen molar-refractivity contribution in [2.75, 3.05) is 0 Å². The quantitative estimate of drug-likeness (QED) is 0.167. The number of hydrogen-bond acceptors (Lipinski definition) is 5. The Bertz CT molecular complexity index is 3490. The van der Waals surface area contributed by atoms with Crippen LogP contribution in [0.1, 0.15) is 22.3 Å². The van der Waals surface area contributed by atoms with Crippen LogP contribution in [0.5, 0.6) is 0 Å². The molecule has 0 radical (unpaired) electrons. The molecule has 8 aromatic carbocycles. The fourth-order valence-electron chi connectivity index (χ4n) is 9.81. The minimum absolute atomic E-state index is 0.446. The van der Waals surface area contributed by atoms with E-state index < -0.39 is 5.41 Å². The standard InChI is InChI=1S/C54H31N3S2/c1-2-14-34(15-3-1)53-56-50(52-51(57-53)38-19-7-12-24-46(38)59-52)33-28-26-32(27-29-33)49-40-31-48-44(30-39(40)37-18-6-11-23-45(37)55-49)54(43-22-10-13-25-47(43)58-48)41-20-8-4-16-35(41)36-17-5-9-21-42(36)54/h1-31H. The smallest absolute Gasteiger partial charge is 0.160 e. The third-order valence-corrected chi connectivity index (χ3v) is 14.7. The maximum absolute atomic E-state index is 5.43. The monoisotopic (exact) mass is 785 g/mol. The summed E-state index contributed by atoms with van der Waals surface area (Å²) in [7, 11) is 0. The predicted octanol–water partition coefficient (Wildman–Crippen LogP) is 14.4. The summed E-state index contributed by atoms with van der Waals surface area (Å²) in [5.74, 6) is 0.733. The first-order chi connectivity index (χ1) is 29.2. The largest absolute Gasteiger partial charge is 0.247 e. The Morgan fingerprint density at radius 2 is 1.02 bits per heavy atom. The minimum atomic E-state index is -0.446. The molecule has 0 unspecified atom stereocenters. The summed E-state index contributed by atoms with van der Waals surface area (Å²) in [5, 5.41) is 4.68. The van der Waals surface area contributed by atoms with Gasteiger partial charge in [0.05, 0.1) is 32.5 Å². The third kappa shape index (κ3) is 4.68. The fourth-order valence-corrected chi connectivity index (χ4v) is 12.2. The number of rotatable bonds is 3. The predicted molar refractivity (Wildman–Crippen MR) is 245 cm³/mol. The summed E-state index contributed by atoms with van der Waals surface area (Å²) in [6, 6.07) is 68.3. The number of fused-ring (bicyclic) bond motifs is 15. The number of hydrogen-bond donors (Lipinski definition) is 0. The van der Waals surface area contributed by atoms with E-state index in [0.29, 0.717) is 0 Å². The highest BCUT2D eigenvalue weighted by atomic mass is 32.2. The maximum atomic E-state index is 5.43. The lowest BCUT2D eigenvalue weighted by Crippen LogP contribution is -2.32. The first-order valence-corrected chi connectivity index (χ1v) is 21.6. The van der Waals surface area contributed by atoms with E-state index in [1.165, 1.54) is 53.3 Å². The van der Waals surface area contributed by atoms with Gasteiger partial charge in [-0.25, -0.2) is 15.0 Å². The lowest BCUT2D eigenvalue weighted by atomic mass is 9.67. The normalized spacial score (nSPS) is 13.5. The van der Waals surface area contributed by atoms with Crippen LogP contribution in [0.25, 0.3) is 87.0 Å². The molecule has 274 valence electrons. The second-order valence-electron chi connectivity index (χ2n) is 15.4. The van der Waals surface area contributed by atoms with E-state index in [-0.39, 0.29) is 0 Å². The molecule has 2 aliphatic rings. The number of aromatic nitrogens is 3. The van der Waals surface area contributed by atoms with E-state index in [0.717, 1.165) is 65.8 Å². The Morgan fingerprint density at radius 3 is 1.80 bits per heavy atom. The fraction of sp³-hybridized carbons (Fsp3) is 0.0185. The summed E-state index contributed by atoms with van der Waals surface area (Å²) in [6.45, 7) is 0. The Morgan fingerprint density at radius 1 is 0.390 bits per heavy atom. The molecule has 11 aromatic rings. The van der Waals surface area contributed by atoms with Crippen molar-refractivity contribution in [2.45, 2.75) is 15.2 Å². The van der Waals surface area contributed by atoms with Crippen LogP contribution >= 0.6 is 23.1 Å². The molecule has 13 rings (SSSR count). The molecule has 0 bridgehead atoms. The van der Waals surface area contributed by atoms with Crippen LogP contribution in [0.3, 0.4) is 0 Å². The van der Waals surface area contributed by atoms with Crippen LogP contribution in [0.15, 0.2) is 198 Å². The van der Waals surface area contributed by atoms with E-state index in [4.69, 9.17) is 15.0 Å². The molecule has 1 aliphatic carbocycles. The van der Waals surface area contributed by atoms with Crippen molar-refractivity contribution in [3.63, 3.8) is 0 Å². The number of thiophene rings is 1. The molecular weight excluding hydrogens is 755 g/mol. The molecule has 3 nitrogen and oxygen atoms in total. The van der Waals surface area contributed by atoms with Gasteiger partial charge in [0, 0.05) is 47.3 Å². The Labute approximate surface area is 348 Å². The van der Waals surface area contributed by atoms with Gasteiger partial charge in [-0.2, -0.15) is 0 Å². The Balaban J connectivity index is 1.04.